The maximum Gasteiger partial charge on any atom is 0.261 e. The van der Waals surface area contributed by atoms with E-state index in [2.05, 4.69) is 19.2 Å². The van der Waals surface area contributed by atoms with Gasteiger partial charge < -0.3 is 5.32 Å². The first kappa shape index (κ1) is 16.1. The lowest BCUT2D eigenvalue weighted by Gasteiger charge is -2.05. The van der Waals surface area contributed by atoms with Gasteiger partial charge in [-0.25, -0.2) is 13.6 Å². The van der Waals surface area contributed by atoms with Crippen LogP contribution < -0.4 is 10.5 Å². The number of rotatable bonds is 6. The maximum absolute atomic E-state index is 11.8. The summed E-state index contributed by atoms with van der Waals surface area (Å²) in [5.41, 5.74) is 0. The minimum Gasteiger partial charge on any atom is -0.351 e. The Morgan fingerprint density at radius 3 is 2.58 bits per heavy atom. The zero-order chi connectivity index (χ0) is 14.6. The van der Waals surface area contributed by atoms with Gasteiger partial charge in [-0.05, 0) is 31.7 Å². The Kier molecular flexibility index (Phi) is 5.51. The number of carbonyl (C=O) groups is 1. The molecule has 108 valence electrons. The summed E-state index contributed by atoms with van der Waals surface area (Å²) in [5.74, 6) is 0.363. The van der Waals surface area contributed by atoms with Crippen molar-refractivity contribution >= 4 is 27.3 Å². The molecule has 0 saturated carbocycles. The van der Waals surface area contributed by atoms with Gasteiger partial charge in [-0.2, -0.15) is 0 Å². The number of primary sulfonamides is 1. The third-order valence-corrected chi connectivity index (χ3v) is 4.86. The number of thiophene rings is 1. The molecule has 5 nitrogen and oxygen atoms in total. The van der Waals surface area contributed by atoms with E-state index in [-0.39, 0.29) is 10.8 Å². The first-order chi connectivity index (χ1) is 8.71. The zero-order valence-corrected chi connectivity index (χ0v) is 13.0. The maximum atomic E-state index is 11.8. The Morgan fingerprint density at radius 1 is 1.47 bits per heavy atom. The molecule has 0 unspecified atom stereocenters. The van der Waals surface area contributed by atoms with Crippen molar-refractivity contribution in [2.45, 2.75) is 38.5 Å². The molecule has 0 radical (unpaired) electrons. The fourth-order valence-corrected chi connectivity index (χ4v) is 3.72. The molecule has 7 heteroatoms. The van der Waals surface area contributed by atoms with Crippen LogP contribution >= 0.6 is 11.3 Å². The molecule has 0 aliphatic rings. The van der Waals surface area contributed by atoms with Crippen LogP contribution in [0.4, 0.5) is 0 Å². The molecule has 0 atom stereocenters. The van der Waals surface area contributed by atoms with Gasteiger partial charge in [-0.15, -0.1) is 11.3 Å². The molecule has 0 saturated heterocycles. The quantitative estimate of drug-likeness (QED) is 0.786. The van der Waals surface area contributed by atoms with E-state index in [0.717, 1.165) is 24.2 Å². The lowest BCUT2D eigenvalue weighted by molar-refractivity contribution is 0.0956. The van der Waals surface area contributed by atoms with Crippen molar-refractivity contribution in [1.29, 1.82) is 0 Å². The van der Waals surface area contributed by atoms with E-state index in [1.54, 1.807) is 6.92 Å². The van der Waals surface area contributed by atoms with Gasteiger partial charge >= 0.3 is 0 Å². The van der Waals surface area contributed by atoms with Gasteiger partial charge in [-0.1, -0.05) is 13.8 Å². The van der Waals surface area contributed by atoms with Crippen molar-refractivity contribution in [1.82, 2.24) is 5.32 Å². The van der Waals surface area contributed by atoms with Crippen LogP contribution in [0, 0.1) is 12.8 Å². The molecule has 1 heterocycles. The van der Waals surface area contributed by atoms with Crippen LogP contribution in [0.3, 0.4) is 0 Å². The van der Waals surface area contributed by atoms with E-state index in [0.29, 0.717) is 22.2 Å². The third-order valence-electron chi connectivity index (χ3n) is 2.65. The molecule has 0 aliphatic heterocycles. The van der Waals surface area contributed by atoms with Crippen LogP contribution in [0.2, 0.25) is 0 Å². The summed E-state index contributed by atoms with van der Waals surface area (Å²) >= 11 is 1.14. The van der Waals surface area contributed by atoms with Crippen molar-refractivity contribution in [2.75, 3.05) is 6.54 Å². The highest BCUT2D eigenvalue weighted by Gasteiger charge is 2.18. The fourth-order valence-electron chi connectivity index (χ4n) is 1.66. The number of carbonyl (C=O) groups excluding carboxylic acids is 1. The summed E-state index contributed by atoms with van der Waals surface area (Å²) in [6, 6.07) is 1.34. The van der Waals surface area contributed by atoms with E-state index in [4.69, 9.17) is 5.14 Å². The first-order valence-corrected chi connectivity index (χ1v) is 8.49. The molecule has 1 aromatic rings. The summed E-state index contributed by atoms with van der Waals surface area (Å²) in [7, 11) is -3.75. The number of nitrogens with two attached hydrogens (primary N) is 1. The van der Waals surface area contributed by atoms with E-state index < -0.39 is 10.0 Å². The highest BCUT2D eigenvalue weighted by molar-refractivity contribution is 7.89. The molecule has 1 amide bonds. The van der Waals surface area contributed by atoms with Crippen molar-refractivity contribution in [2.24, 2.45) is 11.1 Å². The molecule has 0 bridgehead atoms. The Balaban J connectivity index is 2.64. The van der Waals surface area contributed by atoms with Crippen molar-refractivity contribution in [3.05, 3.63) is 15.8 Å². The van der Waals surface area contributed by atoms with Gasteiger partial charge in [0.2, 0.25) is 10.0 Å². The van der Waals surface area contributed by atoms with Crippen LogP contribution in [0.15, 0.2) is 11.0 Å². The van der Waals surface area contributed by atoms with Crippen LogP contribution in [-0.4, -0.2) is 20.9 Å². The Morgan fingerprint density at radius 2 is 2.11 bits per heavy atom. The van der Waals surface area contributed by atoms with E-state index in [9.17, 15) is 13.2 Å². The Bertz CT molecular complexity index is 547. The SMILES string of the molecule is Cc1sc(C(=O)NCCCC(C)C)cc1S(N)(=O)=O. The second-order valence-corrected chi connectivity index (χ2v) is 7.65. The monoisotopic (exact) mass is 304 g/mol. The summed E-state index contributed by atoms with van der Waals surface area (Å²) in [5, 5.41) is 7.86. The first-order valence-electron chi connectivity index (χ1n) is 6.13. The van der Waals surface area contributed by atoms with Crippen molar-refractivity contribution in [3.63, 3.8) is 0 Å². The third kappa shape index (κ3) is 4.93. The molecular formula is C12H20N2O3S2. The normalized spacial score (nSPS) is 11.8. The number of aryl methyl sites for hydroxylation is 1. The predicted octanol–water partition coefficient (Wildman–Crippen LogP) is 1.87. The number of nitrogens with one attached hydrogen (secondary N) is 1. The standard InChI is InChI=1S/C12H20N2O3S2/c1-8(2)5-4-6-14-12(15)10-7-11(9(3)18-10)19(13,16)17/h7-8H,4-6H2,1-3H3,(H,14,15)(H2,13,16,17). The smallest absolute Gasteiger partial charge is 0.261 e. The number of hydrogen-bond acceptors (Lipinski definition) is 4. The highest BCUT2D eigenvalue weighted by Crippen LogP contribution is 2.24. The minimum atomic E-state index is -3.75. The topological polar surface area (TPSA) is 89.3 Å². The van der Waals surface area contributed by atoms with E-state index in [1.165, 1.54) is 6.07 Å². The number of hydrogen-bond donors (Lipinski definition) is 2. The summed E-state index contributed by atoms with van der Waals surface area (Å²) < 4.78 is 22.6. The molecule has 0 spiro atoms. The summed E-state index contributed by atoms with van der Waals surface area (Å²) in [6.07, 6.45) is 1.96. The van der Waals surface area contributed by atoms with Gasteiger partial charge in [0.1, 0.15) is 0 Å². The highest BCUT2D eigenvalue weighted by atomic mass is 32.2. The number of sulfonamides is 1. The van der Waals surface area contributed by atoms with Gasteiger partial charge in [0.25, 0.3) is 5.91 Å². The zero-order valence-electron chi connectivity index (χ0n) is 11.4. The average molecular weight is 304 g/mol. The number of amides is 1. The van der Waals surface area contributed by atoms with Gasteiger partial charge in [-0.3, -0.25) is 4.79 Å². The average Bonchev–Trinajstić information content (AvgIpc) is 2.66. The molecule has 0 aliphatic carbocycles. The predicted molar refractivity (Wildman–Crippen MR) is 76.8 cm³/mol. The van der Waals surface area contributed by atoms with Crippen LogP contribution in [-0.2, 0) is 10.0 Å². The van der Waals surface area contributed by atoms with Crippen molar-refractivity contribution < 1.29 is 13.2 Å². The lowest BCUT2D eigenvalue weighted by Crippen LogP contribution is -2.23. The summed E-state index contributed by atoms with van der Waals surface area (Å²) in [4.78, 5) is 12.8. The fraction of sp³-hybridized carbons (Fsp3) is 0.583. The van der Waals surface area contributed by atoms with Gasteiger partial charge in [0.15, 0.2) is 0 Å². The minimum absolute atomic E-state index is 0.0323. The molecule has 1 rings (SSSR count). The largest absolute Gasteiger partial charge is 0.351 e. The second kappa shape index (κ2) is 6.49. The Hall–Kier alpha value is -0.920. The van der Waals surface area contributed by atoms with Gasteiger partial charge in [0, 0.05) is 11.4 Å². The molecule has 3 N–H and O–H groups in total. The van der Waals surface area contributed by atoms with E-state index >= 15 is 0 Å². The Labute approximate surface area is 118 Å². The van der Waals surface area contributed by atoms with E-state index in [1.807, 2.05) is 0 Å². The van der Waals surface area contributed by atoms with Gasteiger partial charge in [0.05, 0.1) is 9.77 Å². The molecule has 1 aromatic heterocycles. The second-order valence-electron chi connectivity index (χ2n) is 4.87. The molecule has 19 heavy (non-hydrogen) atoms. The van der Waals surface area contributed by atoms with Crippen LogP contribution in [0.1, 0.15) is 41.2 Å². The molecular weight excluding hydrogens is 284 g/mol. The molecule has 0 fully saturated rings. The van der Waals surface area contributed by atoms with Crippen LogP contribution in [0.25, 0.3) is 0 Å². The lowest BCUT2D eigenvalue weighted by atomic mass is 10.1. The summed E-state index contributed by atoms with van der Waals surface area (Å²) in [6.45, 7) is 6.49. The van der Waals surface area contributed by atoms with Crippen LogP contribution in [0.5, 0.6) is 0 Å². The van der Waals surface area contributed by atoms with Crippen molar-refractivity contribution in [3.8, 4) is 0 Å². The molecule has 0 aromatic carbocycles.